The summed E-state index contributed by atoms with van der Waals surface area (Å²) in [5.74, 6) is -1.99. The predicted molar refractivity (Wildman–Crippen MR) is 100 cm³/mol. The molecule has 0 saturated carbocycles. The monoisotopic (exact) mass is 445 g/mol. The Balaban J connectivity index is 2.03. The number of hydrogen-bond donors (Lipinski definition) is 2. The fourth-order valence-corrected chi connectivity index (χ4v) is 3.19. The average molecular weight is 446 g/mol. The lowest BCUT2D eigenvalue weighted by Crippen LogP contribution is -2.38. The van der Waals surface area contributed by atoms with Crippen LogP contribution in [0.2, 0.25) is 5.02 Å². The number of nitrogens with one attached hydrogen (secondary N) is 1. The molecule has 0 spiro atoms. The van der Waals surface area contributed by atoms with E-state index < -0.39 is 40.6 Å². The molecule has 1 aromatic carbocycles. The Hall–Kier alpha value is -3.08. The fourth-order valence-electron chi connectivity index (χ4n) is 2.96. The Kier molecular flexibility index (Phi) is 5.27. The molecule has 1 aliphatic rings. The molecule has 0 fully saturated rings. The van der Waals surface area contributed by atoms with Crippen molar-refractivity contribution in [2.75, 3.05) is 0 Å². The molecule has 8 nitrogen and oxygen atoms in total. The summed E-state index contributed by atoms with van der Waals surface area (Å²) in [6, 6.07) is 4.20. The van der Waals surface area contributed by atoms with Gasteiger partial charge < -0.3 is 14.9 Å². The molecule has 1 aliphatic heterocycles. The number of aromatic amines is 1. The third kappa shape index (κ3) is 3.84. The fraction of sp³-hybridized carbons (Fsp3) is 0.333. The van der Waals surface area contributed by atoms with Crippen LogP contribution in [-0.4, -0.2) is 31.9 Å². The van der Waals surface area contributed by atoms with Crippen molar-refractivity contribution in [3.05, 3.63) is 61.4 Å². The first-order valence-electron chi connectivity index (χ1n) is 8.55. The molecule has 2 unspecified atom stereocenters. The standard InChI is InChI=1S/C18H15ClF3N3O5/c1-8(15(27)28)17(2)7-12(24-30-17)10-5-9(3-4-11(10)19)25-14(26)6-13(18(20,21)22)23-16(25)29/h3-6,8H,7H2,1-2H3,(H,23,29)(H,27,28). The normalized spacial score (nSPS) is 19.9. The summed E-state index contributed by atoms with van der Waals surface area (Å²) >= 11 is 6.19. The molecule has 2 N–H and O–H groups in total. The molecule has 30 heavy (non-hydrogen) atoms. The molecule has 2 atom stereocenters. The minimum atomic E-state index is -4.89. The van der Waals surface area contributed by atoms with E-state index in [1.807, 2.05) is 0 Å². The van der Waals surface area contributed by atoms with E-state index in [0.717, 1.165) is 0 Å². The first kappa shape index (κ1) is 21.6. The van der Waals surface area contributed by atoms with Crippen molar-refractivity contribution in [3.63, 3.8) is 0 Å². The number of hydrogen-bond acceptors (Lipinski definition) is 5. The van der Waals surface area contributed by atoms with Crippen LogP contribution in [-0.2, 0) is 15.8 Å². The highest BCUT2D eigenvalue weighted by Gasteiger charge is 2.44. The molecule has 0 radical (unpaired) electrons. The van der Waals surface area contributed by atoms with E-state index in [9.17, 15) is 32.7 Å². The van der Waals surface area contributed by atoms with Crippen LogP contribution < -0.4 is 11.2 Å². The van der Waals surface area contributed by atoms with Gasteiger partial charge in [0.05, 0.1) is 17.3 Å². The predicted octanol–water partition coefficient (Wildman–Crippen LogP) is 2.80. The summed E-state index contributed by atoms with van der Waals surface area (Å²) in [5.41, 5.74) is -4.60. The maximum absolute atomic E-state index is 12.8. The summed E-state index contributed by atoms with van der Waals surface area (Å²) in [6.45, 7) is 3.02. The number of carbonyl (C=O) groups is 1. The van der Waals surface area contributed by atoms with E-state index in [-0.39, 0.29) is 34.5 Å². The van der Waals surface area contributed by atoms with Crippen molar-refractivity contribution < 1.29 is 27.9 Å². The lowest BCUT2D eigenvalue weighted by molar-refractivity contribution is -0.152. The molecule has 0 amide bonds. The van der Waals surface area contributed by atoms with E-state index in [4.69, 9.17) is 16.4 Å². The maximum atomic E-state index is 12.8. The number of benzene rings is 1. The Labute approximate surface area is 171 Å². The van der Waals surface area contributed by atoms with Gasteiger partial charge in [0, 0.05) is 23.1 Å². The zero-order chi connectivity index (χ0) is 22.4. The molecule has 0 saturated heterocycles. The van der Waals surface area contributed by atoms with Crippen LogP contribution in [0.5, 0.6) is 0 Å². The van der Waals surface area contributed by atoms with Crippen molar-refractivity contribution >= 4 is 23.3 Å². The van der Waals surface area contributed by atoms with Gasteiger partial charge in [0.1, 0.15) is 5.69 Å². The molecule has 3 rings (SSSR count). The van der Waals surface area contributed by atoms with Gasteiger partial charge in [0.2, 0.25) is 0 Å². The number of halogens is 4. The minimum Gasteiger partial charge on any atom is -0.481 e. The van der Waals surface area contributed by atoms with Crippen molar-refractivity contribution in [3.8, 4) is 5.69 Å². The quantitative estimate of drug-likeness (QED) is 0.751. The molecule has 0 aliphatic carbocycles. The highest BCUT2D eigenvalue weighted by atomic mass is 35.5. The van der Waals surface area contributed by atoms with Crippen LogP contribution in [0.15, 0.2) is 39.0 Å². The Bertz CT molecular complexity index is 1140. The van der Waals surface area contributed by atoms with Crippen molar-refractivity contribution in [1.82, 2.24) is 9.55 Å². The summed E-state index contributed by atoms with van der Waals surface area (Å²) in [5, 5.41) is 13.3. The van der Waals surface area contributed by atoms with Gasteiger partial charge in [-0.2, -0.15) is 13.2 Å². The van der Waals surface area contributed by atoms with Crippen LogP contribution in [0.25, 0.3) is 5.69 Å². The number of nitrogens with zero attached hydrogens (tertiary/aromatic N) is 2. The number of aromatic nitrogens is 2. The second kappa shape index (κ2) is 7.31. The Morgan fingerprint density at radius 2 is 2.03 bits per heavy atom. The zero-order valence-corrected chi connectivity index (χ0v) is 16.3. The summed E-state index contributed by atoms with van der Waals surface area (Å²) in [7, 11) is 0. The smallest absolute Gasteiger partial charge is 0.431 e. The topological polar surface area (TPSA) is 114 Å². The highest BCUT2D eigenvalue weighted by Crippen LogP contribution is 2.35. The number of alkyl halides is 3. The van der Waals surface area contributed by atoms with Gasteiger partial charge in [-0.25, -0.2) is 9.36 Å². The van der Waals surface area contributed by atoms with Crippen LogP contribution in [0.3, 0.4) is 0 Å². The summed E-state index contributed by atoms with van der Waals surface area (Å²) < 4.78 is 38.9. The highest BCUT2D eigenvalue weighted by molar-refractivity contribution is 6.34. The molecular formula is C18H15ClF3N3O5. The van der Waals surface area contributed by atoms with Gasteiger partial charge in [-0.1, -0.05) is 16.8 Å². The minimum absolute atomic E-state index is 0.0445. The van der Waals surface area contributed by atoms with Crippen LogP contribution in [0.1, 0.15) is 31.5 Å². The Morgan fingerprint density at radius 3 is 2.60 bits per heavy atom. The van der Waals surface area contributed by atoms with E-state index in [0.29, 0.717) is 4.57 Å². The average Bonchev–Trinajstić information content (AvgIpc) is 3.04. The van der Waals surface area contributed by atoms with Crippen LogP contribution in [0, 0.1) is 5.92 Å². The van der Waals surface area contributed by atoms with Gasteiger partial charge in [-0.05, 0) is 32.0 Å². The van der Waals surface area contributed by atoms with Gasteiger partial charge >= 0.3 is 17.8 Å². The van der Waals surface area contributed by atoms with Crippen molar-refractivity contribution in [1.29, 1.82) is 0 Å². The molecule has 12 heteroatoms. The van der Waals surface area contributed by atoms with Crippen LogP contribution >= 0.6 is 11.6 Å². The van der Waals surface area contributed by atoms with Crippen LogP contribution in [0.4, 0.5) is 13.2 Å². The molecule has 0 bridgehead atoms. The lowest BCUT2D eigenvalue weighted by atomic mass is 9.85. The largest absolute Gasteiger partial charge is 0.481 e. The molecule has 2 heterocycles. The van der Waals surface area contributed by atoms with Gasteiger partial charge in [-0.3, -0.25) is 9.59 Å². The number of H-pyrrole nitrogens is 1. The summed E-state index contributed by atoms with van der Waals surface area (Å²) in [4.78, 5) is 42.6. The van der Waals surface area contributed by atoms with Crippen molar-refractivity contribution in [2.24, 2.45) is 11.1 Å². The van der Waals surface area contributed by atoms with E-state index in [2.05, 4.69) is 5.16 Å². The van der Waals surface area contributed by atoms with Gasteiger partial charge in [0.25, 0.3) is 5.56 Å². The van der Waals surface area contributed by atoms with Gasteiger partial charge in [-0.15, -0.1) is 0 Å². The molecule has 2 aromatic rings. The number of oxime groups is 1. The Morgan fingerprint density at radius 1 is 1.37 bits per heavy atom. The van der Waals surface area contributed by atoms with Gasteiger partial charge in [0.15, 0.2) is 5.60 Å². The first-order chi connectivity index (χ1) is 13.8. The second-order valence-corrected chi connectivity index (χ2v) is 7.41. The third-order valence-electron chi connectivity index (χ3n) is 4.93. The second-order valence-electron chi connectivity index (χ2n) is 7.00. The maximum Gasteiger partial charge on any atom is 0.431 e. The van der Waals surface area contributed by atoms with E-state index >= 15 is 0 Å². The third-order valence-corrected chi connectivity index (χ3v) is 5.26. The van der Waals surface area contributed by atoms with Crippen molar-refractivity contribution in [2.45, 2.75) is 32.0 Å². The SMILES string of the molecule is CC(C(=O)O)C1(C)CC(c2cc(-n3c(=O)cc(C(F)(F)F)[nH]c3=O)ccc2Cl)=NO1. The molecule has 1 aromatic heterocycles. The number of carboxylic acid groups (broad SMARTS) is 1. The molecule has 160 valence electrons. The van der Waals surface area contributed by atoms with E-state index in [1.165, 1.54) is 25.1 Å². The lowest BCUT2D eigenvalue weighted by Gasteiger charge is -2.25. The molecular weight excluding hydrogens is 431 g/mol. The van der Waals surface area contributed by atoms with E-state index in [1.54, 1.807) is 11.9 Å². The zero-order valence-electron chi connectivity index (χ0n) is 15.6. The number of rotatable bonds is 4. The number of carboxylic acids is 1. The first-order valence-corrected chi connectivity index (χ1v) is 8.93. The summed E-state index contributed by atoms with van der Waals surface area (Å²) in [6.07, 6.45) is -4.81. The number of aliphatic carboxylic acids is 1.